The summed E-state index contributed by atoms with van der Waals surface area (Å²) in [5.74, 6) is 0.353. The van der Waals surface area contributed by atoms with Crippen LogP contribution < -0.4 is 11.1 Å². The summed E-state index contributed by atoms with van der Waals surface area (Å²) >= 11 is 0. The first-order valence-corrected chi connectivity index (χ1v) is 7.86. The second-order valence-electron chi connectivity index (χ2n) is 5.68. The topological polar surface area (TPSA) is 64.1 Å². The van der Waals surface area contributed by atoms with E-state index in [1.807, 2.05) is 0 Å². The molecule has 0 radical (unpaired) electrons. The van der Waals surface area contributed by atoms with Crippen LogP contribution in [0.15, 0.2) is 35.1 Å². The molecule has 21 heavy (non-hydrogen) atoms. The third kappa shape index (κ3) is 3.10. The van der Waals surface area contributed by atoms with E-state index in [0.717, 1.165) is 43.7 Å². The van der Waals surface area contributed by atoms with Crippen molar-refractivity contribution in [2.75, 3.05) is 18.4 Å². The van der Waals surface area contributed by atoms with Crippen LogP contribution in [0, 0.1) is 0 Å². The van der Waals surface area contributed by atoms with Crippen molar-refractivity contribution in [3.63, 3.8) is 0 Å². The molecule has 0 spiro atoms. The van der Waals surface area contributed by atoms with Crippen molar-refractivity contribution < 1.29 is 4.52 Å². The molecular weight excluding hydrogens is 262 g/mol. The van der Waals surface area contributed by atoms with Gasteiger partial charge in [-0.05, 0) is 49.8 Å². The normalized spacial score (nSPS) is 17.5. The van der Waals surface area contributed by atoms with E-state index in [4.69, 9.17) is 10.3 Å². The van der Waals surface area contributed by atoms with Crippen molar-refractivity contribution in [1.29, 1.82) is 0 Å². The summed E-state index contributed by atoms with van der Waals surface area (Å²) in [5.41, 5.74) is 10.5. The molecule has 1 atom stereocenters. The number of nitrogens with zero attached hydrogens (tertiary/aromatic N) is 1. The molecule has 1 unspecified atom stereocenters. The highest BCUT2D eigenvalue weighted by atomic mass is 16.5. The third-order valence-electron chi connectivity index (χ3n) is 4.24. The summed E-state index contributed by atoms with van der Waals surface area (Å²) in [4.78, 5) is 0. The van der Waals surface area contributed by atoms with Gasteiger partial charge in [0.1, 0.15) is 12.0 Å². The Hall–Kier alpha value is -1.81. The Kier molecular flexibility index (Phi) is 4.55. The first kappa shape index (κ1) is 14.1. The van der Waals surface area contributed by atoms with Crippen molar-refractivity contribution in [2.24, 2.45) is 5.73 Å². The van der Waals surface area contributed by atoms with Crippen LogP contribution in [0.1, 0.15) is 48.4 Å². The maximum Gasteiger partial charge on any atom is 0.147 e. The average molecular weight is 285 g/mol. The second kappa shape index (κ2) is 6.76. The third-order valence-corrected chi connectivity index (χ3v) is 4.24. The fourth-order valence-electron chi connectivity index (χ4n) is 3.16. The molecule has 0 saturated carbocycles. The molecule has 3 rings (SSSR count). The smallest absolute Gasteiger partial charge is 0.147 e. The first-order chi connectivity index (χ1) is 10.4. The van der Waals surface area contributed by atoms with Crippen LogP contribution in [-0.2, 0) is 6.42 Å². The molecule has 1 heterocycles. The zero-order chi connectivity index (χ0) is 14.5. The lowest BCUT2D eigenvalue weighted by molar-refractivity contribution is 0.404. The number of anilines is 1. The number of hydrogen-bond donors (Lipinski definition) is 2. The predicted molar refractivity (Wildman–Crippen MR) is 84.5 cm³/mol. The molecule has 0 saturated heterocycles. The summed E-state index contributed by atoms with van der Waals surface area (Å²) in [6.45, 7) is 1.66. The first-order valence-electron chi connectivity index (χ1n) is 7.86. The Labute approximate surface area is 125 Å². The summed E-state index contributed by atoms with van der Waals surface area (Å²) in [6, 6.07) is 8.70. The van der Waals surface area contributed by atoms with Crippen LogP contribution in [0.25, 0.3) is 0 Å². The second-order valence-corrected chi connectivity index (χ2v) is 5.68. The van der Waals surface area contributed by atoms with Crippen LogP contribution in [-0.4, -0.2) is 18.2 Å². The number of nitrogens with two attached hydrogens (primary N) is 1. The number of benzene rings is 1. The zero-order valence-corrected chi connectivity index (χ0v) is 12.3. The molecule has 4 heteroatoms. The SMILES string of the molecule is NCCCCNc1conc1C1CCCc2ccccc21. The molecule has 112 valence electrons. The standard InChI is InChI=1S/C17H23N3O/c18-10-3-4-11-19-16-12-21-20-17(16)15-9-5-7-13-6-1-2-8-14(13)15/h1-2,6,8,12,15,19H,3-5,7,9-11,18H2. The largest absolute Gasteiger partial charge is 0.381 e. The van der Waals surface area contributed by atoms with Crippen molar-refractivity contribution in [2.45, 2.75) is 38.0 Å². The molecule has 0 aliphatic heterocycles. The molecule has 0 amide bonds. The van der Waals surface area contributed by atoms with E-state index in [-0.39, 0.29) is 0 Å². The molecule has 4 nitrogen and oxygen atoms in total. The van der Waals surface area contributed by atoms with E-state index < -0.39 is 0 Å². The van der Waals surface area contributed by atoms with Gasteiger partial charge in [0.2, 0.25) is 0 Å². The highest BCUT2D eigenvalue weighted by Crippen LogP contribution is 2.38. The maximum absolute atomic E-state index is 5.53. The van der Waals surface area contributed by atoms with Gasteiger partial charge in [-0.1, -0.05) is 29.4 Å². The van der Waals surface area contributed by atoms with Gasteiger partial charge in [0.05, 0.1) is 5.69 Å². The Bertz CT molecular complexity index is 579. The summed E-state index contributed by atoms with van der Waals surface area (Å²) < 4.78 is 5.23. The molecular formula is C17H23N3O. The zero-order valence-electron chi connectivity index (χ0n) is 12.3. The fourth-order valence-corrected chi connectivity index (χ4v) is 3.16. The molecule has 0 bridgehead atoms. The van der Waals surface area contributed by atoms with Crippen LogP contribution in [0.3, 0.4) is 0 Å². The Morgan fingerprint density at radius 2 is 2.19 bits per heavy atom. The summed E-state index contributed by atoms with van der Waals surface area (Å²) in [7, 11) is 0. The molecule has 1 aliphatic carbocycles. The van der Waals surface area contributed by atoms with Gasteiger partial charge in [0.15, 0.2) is 0 Å². The Morgan fingerprint density at radius 1 is 1.29 bits per heavy atom. The van der Waals surface area contributed by atoms with Crippen molar-refractivity contribution in [3.8, 4) is 0 Å². The van der Waals surface area contributed by atoms with E-state index in [1.54, 1.807) is 6.26 Å². The van der Waals surface area contributed by atoms with E-state index in [2.05, 4.69) is 34.7 Å². The lowest BCUT2D eigenvalue weighted by Gasteiger charge is -2.24. The van der Waals surface area contributed by atoms with Gasteiger partial charge in [-0.25, -0.2) is 0 Å². The lowest BCUT2D eigenvalue weighted by atomic mass is 9.81. The minimum atomic E-state index is 0.353. The molecule has 1 aliphatic rings. The van der Waals surface area contributed by atoms with Crippen molar-refractivity contribution in [3.05, 3.63) is 47.3 Å². The minimum Gasteiger partial charge on any atom is -0.381 e. The molecule has 1 aromatic heterocycles. The summed E-state index contributed by atoms with van der Waals surface area (Å²) in [5, 5.41) is 7.72. The highest BCUT2D eigenvalue weighted by molar-refractivity contribution is 5.51. The van der Waals surface area contributed by atoms with Crippen LogP contribution in [0.2, 0.25) is 0 Å². The summed E-state index contributed by atoms with van der Waals surface area (Å²) in [6.07, 6.45) is 7.36. The van der Waals surface area contributed by atoms with Crippen LogP contribution >= 0.6 is 0 Å². The number of hydrogen-bond acceptors (Lipinski definition) is 4. The van der Waals surface area contributed by atoms with Gasteiger partial charge in [-0.15, -0.1) is 0 Å². The van der Waals surface area contributed by atoms with E-state index in [0.29, 0.717) is 5.92 Å². The van der Waals surface area contributed by atoms with E-state index in [9.17, 15) is 0 Å². The van der Waals surface area contributed by atoms with Crippen molar-refractivity contribution >= 4 is 5.69 Å². The number of nitrogens with one attached hydrogen (secondary N) is 1. The average Bonchev–Trinajstić information content (AvgIpc) is 2.99. The Morgan fingerprint density at radius 3 is 3.10 bits per heavy atom. The number of fused-ring (bicyclic) bond motifs is 1. The Balaban J connectivity index is 1.77. The molecule has 2 aromatic rings. The predicted octanol–water partition coefficient (Wildman–Crippen LogP) is 3.29. The van der Waals surface area contributed by atoms with E-state index >= 15 is 0 Å². The fraction of sp³-hybridized carbons (Fsp3) is 0.471. The van der Waals surface area contributed by atoms with Crippen LogP contribution in [0.4, 0.5) is 5.69 Å². The number of aryl methyl sites for hydroxylation is 1. The number of unbranched alkanes of at least 4 members (excludes halogenated alkanes) is 1. The van der Waals surface area contributed by atoms with Gasteiger partial charge >= 0.3 is 0 Å². The van der Waals surface area contributed by atoms with E-state index in [1.165, 1.54) is 24.0 Å². The van der Waals surface area contributed by atoms with Crippen LogP contribution in [0.5, 0.6) is 0 Å². The van der Waals surface area contributed by atoms with Gasteiger partial charge in [-0.3, -0.25) is 0 Å². The van der Waals surface area contributed by atoms with Gasteiger partial charge in [0.25, 0.3) is 0 Å². The lowest BCUT2D eigenvalue weighted by Crippen LogP contribution is -2.13. The van der Waals surface area contributed by atoms with Gasteiger partial charge in [-0.2, -0.15) is 0 Å². The van der Waals surface area contributed by atoms with Gasteiger partial charge < -0.3 is 15.6 Å². The molecule has 1 aromatic carbocycles. The highest BCUT2D eigenvalue weighted by Gasteiger charge is 2.26. The van der Waals surface area contributed by atoms with Crippen molar-refractivity contribution in [1.82, 2.24) is 5.16 Å². The minimum absolute atomic E-state index is 0.353. The molecule has 0 fully saturated rings. The number of aromatic nitrogens is 1. The molecule has 3 N–H and O–H groups in total. The van der Waals surface area contributed by atoms with Gasteiger partial charge in [0, 0.05) is 12.5 Å². The monoisotopic (exact) mass is 285 g/mol. The maximum atomic E-state index is 5.53. The number of rotatable bonds is 6. The quantitative estimate of drug-likeness (QED) is 0.799.